The van der Waals surface area contributed by atoms with Gasteiger partial charge >= 0.3 is 0 Å². The Morgan fingerprint density at radius 1 is 1.39 bits per heavy atom. The number of imidazole rings is 1. The zero-order valence-corrected chi connectivity index (χ0v) is 9.92. The largest absolute Gasteiger partial charge is 0.368 e. The average molecular weight is 243 g/mol. The number of carbonyl (C=O) groups excluding carboxylic acids is 1. The lowest BCUT2D eigenvalue weighted by molar-refractivity contribution is -0.117. The number of anilines is 2. The Kier molecular flexibility index (Phi) is 2.07. The van der Waals surface area contributed by atoms with Crippen molar-refractivity contribution in [3.8, 4) is 11.3 Å². The van der Waals surface area contributed by atoms with Gasteiger partial charge in [0, 0.05) is 18.3 Å². The van der Waals surface area contributed by atoms with Crippen LogP contribution in [0.2, 0.25) is 0 Å². The van der Waals surface area contributed by atoms with Crippen LogP contribution in [-0.4, -0.2) is 22.6 Å². The second kappa shape index (κ2) is 3.49. The molecule has 4 N–H and O–H groups in total. The van der Waals surface area contributed by atoms with Gasteiger partial charge in [-0.15, -0.1) is 0 Å². The molecule has 0 unspecified atom stereocenters. The minimum atomic E-state index is 0.103. The summed E-state index contributed by atoms with van der Waals surface area (Å²) in [4.78, 5) is 17.4. The topological polar surface area (TPSA) is 90.2 Å². The Labute approximate surface area is 104 Å². The third-order valence-electron chi connectivity index (χ3n) is 3.21. The highest BCUT2D eigenvalue weighted by molar-refractivity contribution is 6.01. The van der Waals surface area contributed by atoms with E-state index in [0.717, 1.165) is 16.8 Å². The van der Waals surface area contributed by atoms with E-state index in [4.69, 9.17) is 11.6 Å². The molecular weight excluding hydrogens is 230 g/mol. The molecule has 2 aromatic rings. The summed E-state index contributed by atoms with van der Waals surface area (Å²) in [5.74, 6) is 5.97. The summed E-state index contributed by atoms with van der Waals surface area (Å²) in [6.07, 6.45) is 2.09. The van der Waals surface area contributed by atoms with E-state index in [-0.39, 0.29) is 11.9 Å². The van der Waals surface area contributed by atoms with E-state index >= 15 is 0 Å². The molecule has 0 aliphatic carbocycles. The van der Waals surface area contributed by atoms with Crippen molar-refractivity contribution < 1.29 is 4.79 Å². The first-order valence-electron chi connectivity index (χ1n) is 5.56. The van der Waals surface area contributed by atoms with Crippen molar-refractivity contribution in [1.29, 1.82) is 0 Å². The van der Waals surface area contributed by atoms with Crippen LogP contribution in [0, 0.1) is 0 Å². The monoisotopic (exact) mass is 243 g/mol. The Bertz CT molecular complexity index is 626. The summed E-state index contributed by atoms with van der Waals surface area (Å²) < 4.78 is 1.28. The van der Waals surface area contributed by atoms with Gasteiger partial charge in [-0.2, -0.15) is 0 Å². The van der Waals surface area contributed by atoms with Crippen molar-refractivity contribution in [1.82, 2.24) is 9.66 Å². The van der Waals surface area contributed by atoms with E-state index in [0.29, 0.717) is 12.1 Å². The molecule has 1 aliphatic heterocycles. The first-order chi connectivity index (χ1) is 8.56. The van der Waals surface area contributed by atoms with Gasteiger partial charge < -0.3 is 16.5 Å². The molecule has 1 aromatic heterocycles. The van der Waals surface area contributed by atoms with Crippen molar-refractivity contribution in [3.63, 3.8) is 0 Å². The highest BCUT2D eigenvalue weighted by Crippen LogP contribution is 2.31. The Morgan fingerprint density at radius 3 is 2.83 bits per heavy atom. The molecule has 0 fully saturated rings. The highest BCUT2D eigenvalue weighted by atomic mass is 16.2. The van der Waals surface area contributed by atoms with Gasteiger partial charge in [-0.25, -0.2) is 9.66 Å². The van der Waals surface area contributed by atoms with Gasteiger partial charge in [-0.1, -0.05) is 6.07 Å². The molecule has 1 aromatic carbocycles. The third-order valence-corrected chi connectivity index (χ3v) is 3.21. The summed E-state index contributed by atoms with van der Waals surface area (Å²) in [5.41, 5.74) is 9.17. The predicted octanol–water partition coefficient (Wildman–Crippen LogP) is 0.365. The maximum absolute atomic E-state index is 11.6. The minimum Gasteiger partial charge on any atom is -0.368 e. The van der Waals surface area contributed by atoms with Crippen molar-refractivity contribution >= 4 is 17.5 Å². The number of carbonyl (C=O) groups is 1. The van der Waals surface area contributed by atoms with Crippen LogP contribution in [0.15, 0.2) is 24.4 Å². The molecule has 1 aliphatic rings. The van der Waals surface area contributed by atoms with Crippen LogP contribution < -0.4 is 16.5 Å². The van der Waals surface area contributed by atoms with Crippen LogP contribution >= 0.6 is 0 Å². The van der Waals surface area contributed by atoms with Gasteiger partial charge in [0.05, 0.1) is 18.3 Å². The zero-order chi connectivity index (χ0) is 12.9. The normalized spacial score (nSPS) is 14.1. The number of fused-ring (bicyclic) bond motifs is 1. The molecule has 0 radical (unpaired) electrons. The van der Waals surface area contributed by atoms with E-state index in [1.165, 1.54) is 4.68 Å². The van der Waals surface area contributed by atoms with Crippen molar-refractivity contribution in [3.05, 3.63) is 30.0 Å². The SMILES string of the molecule is CN1C(=O)Cc2cc(-c3cn(N)c(N)n3)ccc21. The summed E-state index contributed by atoms with van der Waals surface area (Å²) in [6.45, 7) is 0. The van der Waals surface area contributed by atoms with Gasteiger partial charge in [0.25, 0.3) is 0 Å². The van der Waals surface area contributed by atoms with Crippen molar-refractivity contribution in [2.24, 2.45) is 0 Å². The maximum atomic E-state index is 11.6. The van der Waals surface area contributed by atoms with E-state index in [1.807, 2.05) is 18.2 Å². The molecule has 0 atom stereocenters. The van der Waals surface area contributed by atoms with Gasteiger partial charge in [-0.3, -0.25) is 4.79 Å². The van der Waals surface area contributed by atoms with Gasteiger partial charge in [0.15, 0.2) is 0 Å². The predicted molar refractivity (Wildman–Crippen MR) is 69.3 cm³/mol. The number of hydrogen-bond donors (Lipinski definition) is 2. The maximum Gasteiger partial charge on any atom is 0.231 e. The van der Waals surface area contributed by atoms with Crippen LogP contribution in [0.5, 0.6) is 0 Å². The summed E-state index contributed by atoms with van der Waals surface area (Å²) in [5, 5.41) is 0. The lowest BCUT2D eigenvalue weighted by Gasteiger charge is -2.09. The number of likely N-dealkylation sites (N-methyl/N-ethyl adjacent to an activating group) is 1. The Balaban J connectivity index is 2.06. The molecule has 0 spiro atoms. The zero-order valence-electron chi connectivity index (χ0n) is 9.92. The van der Waals surface area contributed by atoms with E-state index in [1.54, 1.807) is 18.1 Å². The van der Waals surface area contributed by atoms with Crippen molar-refractivity contribution in [2.45, 2.75) is 6.42 Å². The summed E-state index contributed by atoms with van der Waals surface area (Å²) in [7, 11) is 1.78. The van der Waals surface area contributed by atoms with E-state index in [2.05, 4.69) is 4.98 Å². The van der Waals surface area contributed by atoms with E-state index < -0.39 is 0 Å². The average Bonchev–Trinajstić information content (AvgIpc) is 2.81. The van der Waals surface area contributed by atoms with Gasteiger partial charge in [0.2, 0.25) is 11.9 Å². The second-order valence-corrected chi connectivity index (χ2v) is 4.36. The van der Waals surface area contributed by atoms with E-state index in [9.17, 15) is 4.79 Å². The molecule has 3 rings (SSSR count). The first kappa shape index (κ1) is 10.6. The molecular formula is C12H13N5O. The fraction of sp³-hybridized carbons (Fsp3) is 0.167. The van der Waals surface area contributed by atoms with Crippen LogP contribution in [0.3, 0.4) is 0 Å². The van der Waals surface area contributed by atoms with Crippen molar-refractivity contribution in [2.75, 3.05) is 23.5 Å². The molecule has 18 heavy (non-hydrogen) atoms. The molecule has 1 amide bonds. The molecule has 0 saturated heterocycles. The Hall–Kier alpha value is -2.50. The number of hydrogen-bond acceptors (Lipinski definition) is 4. The Morgan fingerprint density at radius 2 is 2.17 bits per heavy atom. The van der Waals surface area contributed by atoms with Crippen LogP contribution in [0.4, 0.5) is 11.6 Å². The number of nitrogens with two attached hydrogens (primary N) is 2. The van der Waals surface area contributed by atoms with Crippen LogP contribution in [-0.2, 0) is 11.2 Å². The quantitative estimate of drug-likeness (QED) is 0.708. The molecule has 2 heterocycles. The van der Waals surface area contributed by atoms with Gasteiger partial charge in [0.1, 0.15) is 0 Å². The third kappa shape index (κ3) is 1.42. The molecule has 6 heteroatoms. The lowest BCUT2D eigenvalue weighted by atomic mass is 10.1. The smallest absolute Gasteiger partial charge is 0.231 e. The number of aromatic nitrogens is 2. The van der Waals surface area contributed by atoms with Gasteiger partial charge in [-0.05, 0) is 17.7 Å². The standard InChI is InChI=1S/C12H13N5O/c1-16-10-3-2-7(4-8(10)5-11(16)18)9-6-17(14)12(13)15-9/h2-4,6H,5,14H2,1H3,(H2,13,15). The molecule has 6 nitrogen and oxygen atoms in total. The fourth-order valence-corrected chi connectivity index (χ4v) is 2.18. The number of benzene rings is 1. The molecule has 0 bridgehead atoms. The fourth-order valence-electron chi connectivity index (χ4n) is 2.18. The summed E-state index contributed by atoms with van der Waals surface area (Å²) >= 11 is 0. The number of nitrogens with zero attached hydrogens (tertiary/aromatic N) is 3. The van der Waals surface area contributed by atoms with Crippen LogP contribution in [0.25, 0.3) is 11.3 Å². The van der Waals surface area contributed by atoms with Crippen LogP contribution in [0.1, 0.15) is 5.56 Å². The highest BCUT2D eigenvalue weighted by Gasteiger charge is 2.24. The summed E-state index contributed by atoms with van der Waals surface area (Å²) in [6, 6.07) is 5.79. The number of nitrogen functional groups attached to an aromatic ring is 2. The lowest BCUT2D eigenvalue weighted by Crippen LogP contribution is -2.20. The minimum absolute atomic E-state index is 0.103. The second-order valence-electron chi connectivity index (χ2n) is 4.36. The first-order valence-corrected chi connectivity index (χ1v) is 5.56. The number of rotatable bonds is 1. The number of amides is 1. The molecule has 92 valence electrons. The molecule has 0 saturated carbocycles.